The van der Waals surface area contributed by atoms with Gasteiger partial charge in [-0.2, -0.15) is 0 Å². The molecule has 13 heavy (non-hydrogen) atoms. The van der Waals surface area contributed by atoms with Crippen LogP contribution in [0.15, 0.2) is 23.1 Å². The van der Waals surface area contributed by atoms with Gasteiger partial charge in [0.2, 0.25) is 0 Å². The van der Waals surface area contributed by atoms with E-state index in [9.17, 15) is 9.18 Å². The molecule has 0 saturated heterocycles. The van der Waals surface area contributed by atoms with Crippen LogP contribution < -0.4 is 0 Å². The molecule has 0 spiro atoms. The summed E-state index contributed by atoms with van der Waals surface area (Å²) in [4.78, 5) is 10.8. The summed E-state index contributed by atoms with van der Waals surface area (Å²) in [6, 6.07) is 4.51. The van der Waals surface area contributed by atoms with Crippen LogP contribution in [-0.2, 0) is 4.79 Å². The van der Waals surface area contributed by atoms with Gasteiger partial charge in [0, 0.05) is 4.90 Å². The molecule has 1 unspecified atom stereocenters. The van der Waals surface area contributed by atoms with Crippen molar-refractivity contribution in [1.82, 2.24) is 0 Å². The number of halogens is 2. The Morgan fingerprint density at radius 3 is 2.69 bits per heavy atom. The summed E-state index contributed by atoms with van der Waals surface area (Å²) >= 11 is 7.06. The van der Waals surface area contributed by atoms with Crippen LogP contribution in [-0.4, -0.2) is 5.78 Å². The second-order valence-corrected chi connectivity index (χ2v) is 4.08. The van der Waals surface area contributed by atoms with Crippen molar-refractivity contribution < 1.29 is 9.18 Å². The Morgan fingerprint density at radius 2 is 2.23 bits per heavy atom. The number of rotatable bonds is 2. The zero-order chi connectivity index (χ0) is 10.0. The zero-order valence-corrected chi connectivity index (χ0v) is 9.40. The van der Waals surface area contributed by atoms with E-state index >= 15 is 0 Å². The fourth-order valence-electron chi connectivity index (χ4n) is 0.916. The largest absolute Gasteiger partial charge is 0.298 e. The zero-order valence-electron chi connectivity index (χ0n) is 6.92. The van der Waals surface area contributed by atoms with E-state index in [-0.39, 0.29) is 10.7 Å². The van der Waals surface area contributed by atoms with Crippen LogP contribution in [0.3, 0.4) is 0 Å². The van der Waals surface area contributed by atoms with Crippen molar-refractivity contribution in [3.05, 3.63) is 29.6 Å². The lowest BCUT2D eigenvalue weighted by Crippen LogP contribution is -2.01. The lowest BCUT2D eigenvalue weighted by Gasteiger charge is -2.06. The van der Waals surface area contributed by atoms with Gasteiger partial charge in [0.05, 0.1) is 4.83 Å². The van der Waals surface area contributed by atoms with Crippen LogP contribution >= 0.6 is 28.6 Å². The molecule has 1 aromatic carbocycles. The highest BCUT2D eigenvalue weighted by molar-refractivity contribution is 9.09. The average Bonchev–Trinajstić information content (AvgIpc) is 2.08. The molecule has 1 aromatic rings. The van der Waals surface area contributed by atoms with E-state index in [0.29, 0.717) is 5.56 Å². The van der Waals surface area contributed by atoms with Gasteiger partial charge in [-0.1, -0.05) is 22.0 Å². The quantitative estimate of drug-likeness (QED) is 0.640. The standard InChI is InChI=1S/C9H8BrFOS/c1-5(12)9(10)6-2-3-8(13)7(11)4-6/h2-4,9,13H,1H3. The molecule has 70 valence electrons. The van der Waals surface area contributed by atoms with E-state index in [2.05, 4.69) is 28.6 Å². The first-order valence-electron chi connectivity index (χ1n) is 3.65. The smallest absolute Gasteiger partial charge is 0.147 e. The van der Waals surface area contributed by atoms with E-state index in [0.717, 1.165) is 0 Å². The minimum atomic E-state index is -0.434. The number of carbonyl (C=O) groups excluding carboxylic acids is 1. The Balaban J connectivity index is 3.03. The summed E-state index contributed by atoms with van der Waals surface area (Å²) in [6.45, 7) is 1.45. The van der Waals surface area contributed by atoms with Crippen LogP contribution in [0.2, 0.25) is 0 Å². The average molecular weight is 263 g/mol. The molecule has 0 heterocycles. The third kappa shape index (κ3) is 2.54. The minimum absolute atomic E-state index is 0.0497. The lowest BCUT2D eigenvalue weighted by atomic mass is 10.1. The molecular weight excluding hydrogens is 255 g/mol. The number of hydrogen-bond donors (Lipinski definition) is 1. The monoisotopic (exact) mass is 262 g/mol. The SMILES string of the molecule is CC(=O)C(Br)c1ccc(S)c(F)c1. The molecule has 0 aliphatic carbocycles. The predicted octanol–water partition coefficient (Wildman–Crippen LogP) is 3.14. The highest BCUT2D eigenvalue weighted by atomic mass is 79.9. The van der Waals surface area contributed by atoms with E-state index in [1.807, 2.05) is 0 Å². The predicted molar refractivity (Wildman–Crippen MR) is 56.0 cm³/mol. The molecule has 0 radical (unpaired) electrons. The molecular formula is C9H8BrFOS. The van der Waals surface area contributed by atoms with Gasteiger partial charge in [0.25, 0.3) is 0 Å². The molecule has 1 atom stereocenters. The maximum Gasteiger partial charge on any atom is 0.147 e. The first-order valence-corrected chi connectivity index (χ1v) is 5.01. The Morgan fingerprint density at radius 1 is 1.62 bits per heavy atom. The minimum Gasteiger partial charge on any atom is -0.298 e. The summed E-state index contributed by atoms with van der Waals surface area (Å²) in [6.07, 6.45) is 0. The summed E-state index contributed by atoms with van der Waals surface area (Å²) in [7, 11) is 0. The van der Waals surface area contributed by atoms with Crippen LogP contribution in [0.1, 0.15) is 17.3 Å². The van der Waals surface area contributed by atoms with Crippen molar-refractivity contribution in [1.29, 1.82) is 0 Å². The molecule has 1 nitrogen and oxygen atoms in total. The molecule has 0 amide bonds. The molecule has 0 aromatic heterocycles. The maximum absolute atomic E-state index is 13.0. The van der Waals surface area contributed by atoms with E-state index in [4.69, 9.17) is 0 Å². The number of hydrogen-bond acceptors (Lipinski definition) is 2. The van der Waals surface area contributed by atoms with Crippen molar-refractivity contribution in [2.24, 2.45) is 0 Å². The molecule has 1 rings (SSSR count). The number of alkyl halides is 1. The molecule has 0 fully saturated rings. The second kappa shape index (κ2) is 4.24. The lowest BCUT2D eigenvalue weighted by molar-refractivity contribution is -0.116. The van der Waals surface area contributed by atoms with Crippen LogP contribution in [0.25, 0.3) is 0 Å². The Bertz CT molecular complexity index is 340. The van der Waals surface area contributed by atoms with Gasteiger partial charge < -0.3 is 0 Å². The van der Waals surface area contributed by atoms with Gasteiger partial charge in [-0.15, -0.1) is 12.6 Å². The fraction of sp³-hybridized carbons (Fsp3) is 0.222. The Kier molecular flexibility index (Phi) is 3.50. The van der Waals surface area contributed by atoms with E-state index < -0.39 is 10.6 Å². The highest BCUT2D eigenvalue weighted by Crippen LogP contribution is 2.26. The normalized spacial score (nSPS) is 12.6. The van der Waals surface area contributed by atoms with Crippen LogP contribution in [0.4, 0.5) is 4.39 Å². The second-order valence-electron chi connectivity index (χ2n) is 2.68. The molecule has 0 saturated carbocycles. The van der Waals surface area contributed by atoms with Gasteiger partial charge in [0.15, 0.2) is 0 Å². The third-order valence-corrected chi connectivity index (χ3v) is 3.16. The van der Waals surface area contributed by atoms with Crippen molar-refractivity contribution in [3.8, 4) is 0 Å². The maximum atomic E-state index is 13.0. The summed E-state index contributed by atoms with van der Waals surface area (Å²) in [5.74, 6) is -0.460. The Labute approximate surface area is 89.9 Å². The summed E-state index contributed by atoms with van der Waals surface area (Å²) in [5, 5.41) is 0. The first-order chi connectivity index (χ1) is 6.02. The summed E-state index contributed by atoms with van der Waals surface area (Å²) < 4.78 is 13.0. The topological polar surface area (TPSA) is 17.1 Å². The van der Waals surface area contributed by atoms with E-state index in [1.165, 1.54) is 19.1 Å². The first kappa shape index (κ1) is 10.7. The summed E-state index contributed by atoms with van der Waals surface area (Å²) in [5.41, 5.74) is 0.614. The van der Waals surface area contributed by atoms with Crippen LogP contribution in [0.5, 0.6) is 0 Å². The Hall–Kier alpha value is -0.350. The highest BCUT2D eigenvalue weighted by Gasteiger charge is 2.13. The molecule has 0 aliphatic rings. The number of benzene rings is 1. The molecule has 0 N–H and O–H groups in total. The third-order valence-electron chi connectivity index (χ3n) is 1.62. The van der Waals surface area contributed by atoms with Crippen LogP contribution in [0, 0.1) is 5.82 Å². The van der Waals surface area contributed by atoms with Gasteiger partial charge >= 0.3 is 0 Å². The number of ketones is 1. The number of Topliss-reactive ketones (excluding diaryl/α,β-unsaturated/α-hetero) is 1. The number of carbonyl (C=O) groups is 1. The fourth-order valence-corrected chi connectivity index (χ4v) is 1.34. The van der Waals surface area contributed by atoms with Crippen molar-refractivity contribution >= 4 is 34.3 Å². The van der Waals surface area contributed by atoms with Gasteiger partial charge in [-0.05, 0) is 24.6 Å². The molecule has 0 bridgehead atoms. The van der Waals surface area contributed by atoms with Gasteiger partial charge in [-0.25, -0.2) is 4.39 Å². The number of thiol groups is 1. The van der Waals surface area contributed by atoms with Crippen molar-refractivity contribution in [2.45, 2.75) is 16.6 Å². The van der Waals surface area contributed by atoms with Gasteiger partial charge in [0.1, 0.15) is 11.6 Å². The van der Waals surface area contributed by atoms with Crippen molar-refractivity contribution in [3.63, 3.8) is 0 Å². The van der Waals surface area contributed by atoms with Gasteiger partial charge in [-0.3, -0.25) is 4.79 Å². The van der Waals surface area contributed by atoms with E-state index in [1.54, 1.807) is 6.07 Å². The molecule has 0 aliphatic heterocycles. The molecule has 4 heteroatoms. The van der Waals surface area contributed by atoms with Crippen molar-refractivity contribution in [2.75, 3.05) is 0 Å².